The lowest BCUT2D eigenvalue weighted by atomic mass is 10.1. The number of amides is 2. The fourth-order valence-corrected chi connectivity index (χ4v) is 4.80. The lowest BCUT2D eigenvalue weighted by Gasteiger charge is -2.45. The summed E-state index contributed by atoms with van der Waals surface area (Å²) in [5.41, 5.74) is -1.07. The Morgan fingerprint density at radius 3 is 2.48 bits per heavy atom. The van der Waals surface area contributed by atoms with Gasteiger partial charge in [-0.15, -0.1) is 0 Å². The highest BCUT2D eigenvalue weighted by Gasteiger charge is 2.38. The van der Waals surface area contributed by atoms with Crippen LogP contribution in [0.3, 0.4) is 0 Å². The van der Waals surface area contributed by atoms with Gasteiger partial charge in [-0.1, -0.05) is 42.5 Å². The fourth-order valence-electron chi connectivity index (χ4n) is 4.80. The van der Waals surface area contributed by atoms with Crippen LogP contribution >= 0.6 is 0 Å². The third kappa shape index (κ3) is 5.06. The number of aromatic nitrogens is 1. The number of carbonyl (C=O) groups excluding carboxylic acids is 2. The summed E-state index contributed by atoms with van der Waals surface area (Å²) in [7, 11) is 0. The Morgan fingerprint density at radius 1 is 1.07 bits per heavy atom. The molecule has 0 spiro atoms. The highest BCUT2D eigenvalue weighted by molar-refractivity contribution is 5.99. The average molecular weight is 553 g/mol. The number of pyridine rings is 1. The molecule has 0 saturated carbocycles. The number of carbonyl (C=O) groups is 2. The van der Waals surface area contributed by atoms with Crippen molar-refractivity contribution >= 4 is 11.8 Å². The van der Waals surface area contributed by atoms with Crippen LogP contribution in [0.4, 0.5) is 13.2 Å². The van der Waals surface area contributed by atoms with E-state index in [9.17, 15) is 27.6 Å². The van der Waals surface area contributed by atoms with Gasteiger partial charge in [-0.25, -0.2) is 13.2 Å². The molecule has 0 fully saturated rings. The molecule has 1 N–H and O–H groups in total. The van der Waals surface area contributed by atoms with E-state index in [2.05, 4.69) is 5.32 Å². The smallest absolute Gasteiger partial charge is 0.278 e. The van der Waals surface area contributed by atoms with Crippen LogP contribution in [0.1, 0.15) is 52.2 Å². The van der Waals surface area contributed by atoms with Crippen molar-refractivity contribution in [3.63, 3.8) is 0 Å². The van der Waals surface area contributed by atoms with Gasteiger partial charge in [0, 0.05) is 42.5 Å². The van der Waals surface area contributed by atoms with Crippen molar-refractivity contribution in [1.82, 2.24) is 14.9 Å². The van der Waals surface area contributed by atoms with E-state index in [-0.39, 0.29) is 42.4 Å². The molecule has 2 aromatic carbocycles. The van der Waals surface area contributed by atoms with Crippen LogP contribution in [-0.2, 0) is 13.2 Å². The van der Waals surface area contributed by atoms with Gasteiger partial charge >= 0.3 is 0 Å². The van der Waals surface area contributed by atoms with Crippen molar-refractivity contribution in [2.45, 2.75) is 45.5 Å². The molecule has 0 saturated heterocycles. The second-order valence-corrected chi connectivity index (χ2v) is 9.81. The predicted octanol–water partition coefficient (Wildman–Crippen LogP) is 3.86. The molecular formula is C29H27F3N4O4. The summed E-state index contributed by atoms with van der Waals surface area (Å²) in [6, 6.07) is 9.64. The molecule has 2 aliphatic heterocycles. The lowest BCUT2D eigenvalue weighted by Crippen LogP contribution is -2.60. The van der Waals surface area contributed by atoms with E-state index in [1.807, 2.05) is 37.1 Å². The normalized spacial score (nSPS) is 19.0. The molecule has 208 valence electrons. The van der Waals surface area contributed by atoms with Crippen LogP contribution < -0.4 is 20.5 Å². The zero-order valence-electron chi connectivity index (χ0n) is 21.9. The van der Waals surface area contributed by atoms with E-state index in [1.54, 1.807) is 29.2 Å². The number of ether oxygens (including phenoxy) is 1. The Hall–Kier alpha value is -4.54. The summed E-state index contributed by atoms with van der Waals surface area (Å²) in [4.78, 5) is 42.2. The van der Waals surface area contributed by atoms with Crippen LogP contribution in [-0.4, -0.2) is 40.1 Å². The minimum Gasteiger partial charge on any atom is -0.482 e. The molecule has 11 heteroatoms. The van der Waals surface area contributed by atoms with Gasteiger partial charge in [0.25, 0.3) is 11.8 Å². The number of halogens is 3. The molecule has 2 bridgehead atoms. The number of hydrogen-bond acceptors (Lipinski definition) is 5. The molecule has 40 heavy (non-hydrogen) atoms. The largest absolute Gasteiger partial charge is 0.482 e. The molecule has 2 atom stereocenters. The summed E-state index contributed by atoms with van der Waals surface area (Å²) < 4.78 is 49.0. The monoisotopic (exact) mass is 552 g/mol. The van der Waals surface area contributed by atoms with Gasteiger partial charge in [-0.2, -0.15) is 0 Å². The van der Waals surface area contributed by atoms with Crippen LogP contribution in [0.5, 0.6) is 5.75 Å². The Balaban J connectivity index is 1.57. The summed E-state index contributed by atoms with van der Waals surface area (Å²) in [6.45, 7) is 3.34. The summed E-state index contributed by atoms with van der Waals surface area (Å²) in [5, 5.41) is 4.19. The van der Waals surface area contributed by atoms with E-state index in [0.29, 0.717) is 18.6 Å². The summed E-state index contributed by atoms with van der Waals surface area (Å²) in [5.74, 6) is -5.12. The molecule has 0 aliphatic carbocycles. The van der Waals surface area contributed by atoms with Gasteiger partial charge < -0.3 is 15.0 Å². The molecule has 5 rings (SSSR count). The van der Waals surface area contributed by atoms with Gasteiger partial charge in [0.15, 0.2) is 11.4 Å². The van der Waals surface area contributed by atoms with Gasteiger partial charge in [0.05, 0.1) is 0 Å². The summed E-state index contributed by atoms with van der Waals surface area (Å²) in [6.07, 6.45) is 5.80. The van der Waals surface area contributed by atoms with Crippen LogP contribution in [0.2, 0.25) is 0 Å². The van der Waals surface area contributed by atoms with Gasteiger partial charge in [0.2, 0.25) is 5.43 Å². The van der Waals surface area contributed by atoms with Crippen LogP contribution in [0.15, 0.2) is 65.6 Å². The standard InChI is InChI=1S/C29H27F3N4O4/c1-17-7-6-8-18(2)36-16-34(17)29(39)25-27(40-15-19-9-4-3-5-10-19)26(37)22(14-35(25)36)28(38)33-13-21-23(31)11-20(30)12-24(21)32/h3-7,9-12,14,17-18H,8,13,15-16H2,1-2H3,(H,33,38)/b7-6-/t17-,18+/m0/s1. The number of benzene rings is 2. The third-order valence-electron chi connectivity index (χ3n) is 7.08. The SMILES string of the molecule is C[C@@H]1C/C=C\[C@H](C)N2CN1n1cc(C(=O)NCc3c(F)cc(F)cc3F)c(=O)c(OCc3ccccc3)c1C2=O. The van der Waals surface area contributed by atoms with Crippen molar-refractivity contribution in [1.29, 1.82) is 0 Å². The Kier molecular flexibility index (Phi) is 7.38. The molecule has 3 heterocycles. The van der Waals surface area contributed by atoms with Gasteiger partial charge in [-0.3, -0.25) is 24.1 Å². The first kappa shape index (κ1) is 27.0. The predicted molar refractivity (Wildman–Crippen MR) is 141 cm³/mol. The lowest BCUT2D eigenvalue weighted by molar-refractivity contribution is 0.0631. The zero-order chi connectivity index (χ0) is 28.6. The average Bonchev–Trinajstić information content (AvgIpc) is 2.91. The first-order chi connectivity index (χ1) is 19.2. The van der Waals surface area contributed by atoms with Crippen molar-refractivity contribution in [3.05, 3.63) is 111 Å². The van der Waals surface area contributed by atoms with Crippen molar-refractivity contribution in [3.8, 4) is 5.75 Å². The molecule has 0 unspecified atom stereocenters. The Morgan fingerprint density at radius 2 is 1.77 bits per heavy atom. The molecular weight excluding hydrogens is 525 g/mol. The molecule has 0 radical (unpaired) electrons. The van der Waals surface area contributed by atoms with Crippen molar-refractivity contribution in [2.24, 2.45) is 0 Å². The molecule has 8 nitrogen and oxygen atoms in total. The molecule has 2 aliphatic rings. The first-order valence-corrected chi connectivity index (χ1v) is 12.8. The maximum Gasteiger partial charge on any atom is 0.278 e. The third-order valence-corrected chi connectivity index (χ3v) is 7.08. The van der Waals surface area contributed by atoms with Crippen LogP contribution in [0.25, 0.3) is 0 Å². The number of nitrogens with zero attached hydrogens (tertiary/aromatic N) is 3. The van der Waals surface area contributed by atoms with Crippen molar-refractivity contribution in [2.75, 3.05) is 11.7 Å². The minimum absolute atomic E-state index is 0.0200. The molecule has 3 aromatic rings. The number of fused-ring (bicyclic) bond motifs is 4. The van der Waals surface area contributed by atoms with Crippen molar-refractivity contribution < 1.29 is 27.5 Å². The van der Waals surface area contributed by atoms with Gasteiger partial charge in [-0.05, 0) is 25.8 Å². The molecule has 1 aromatic heterocycles. The second kappa shape index (κ2) is 10.9. The maximum atomic E-state index is 14.2. The highest BCUT2D eigenvalue weighted by Crippen LogP contribution is 2.28. The second-order valence-electron chi connectivity index (χ2n) is 9.81. The van der Waals surface area contributed by atoms with E-state index in [0.717, 1.165) is 5.56 Å². The maximum absolute atomic E-state index is 14.2. The topological polar surface area (TPSA) is 83.9 Å². The molecule has 2 amide bonds. The van der Waals surface area contributed by atoms with E-state index in [1.165, 1.54) is 10.9 Å². The fraction of sp³-hybridized carbons (Fsp3) is 0.276. The van der Waals surface area contributed by atoms with Gasteiger partial charge in [0.1, 0.15) is 36.3 Å². The minimum atomic E-state index is -1.17. The number of nitrogens with one attached hydrogen (secondary N) is 1. The van der Waals surface area contributed by atoms with E-state index < -0.39 is 46.8 Å². The van der Waals surface area contributed by atoms with E-state index >= 15 is 0 Å². The number of hydrogen-bond donors (Lipinski definition) is 1. The Bertz CT molecular complexity index is 1530. The summed E-state index contributed by atoms with van der Waals surface area (Å²) >= 11 is 0. The Labute approximate surface area is 228 Å². The quantitative estimate of drug-likeness (QED) is 0.470. The zero-order valence-corrected chi connectivity index (χ0v) is 21.9. The van der Waals surface area contributed by atoms with Crippen LogP contribution in [0, 0.1) is 17.5 Å². The first-order valence-electron chi connectivity index (χ1n) is 12.8. The van der Waals surface area contributed by atoms with E-state index in [4.69, 9.17) is 4.74 Å². The number of rotatable bonds is 6. The highest BCUT2D eigenvalue weighted by atomic mass is 19.1.